The Morgan fingerprint density at radius 1 is 1.42 bits per heavy atom. The molecule has 0 saturated carbocycles. The summed E-state index contributed by atoms with van der Waals surface area (Å²) in [6, 6.07) is -1.00. The Bertz CT molecular complexity index is 278. The molecule has 3 N–H and O–H groups in total. The number of rotatable bonds is 9. The summed E-state index contributed by atoms with van der Waals surface area (Å²) in [6.07, 6.45) is 6.98. The fraction of sp³-hybridized carbons (Fsp3) is 0.857. The first-order chi connectivity index (χ1) is 9.13. The van der Waals surface area contributed by atoms with Crippen molar-refractivity contribution in [1.29, 1.82) is 0 Å². The number of carbonyl (C=O) groups excluding carboxylic acids is 1. The zero-order chi connectivity index (χ0) is 14.1. The van der Waals surface area contributed by atoms with Gasteiger partial charge < -0.3 is 15.2 Å². The number of unbranched alkanes of at least 4 members (excludes halogenated alkanes) is 1. The second-order valence-electron chi connectivity index (χ2n) is 5.46. The first-order valence-corrected chi connectivity index (χ1v) is 7.28. The molecule has 1 aliphatic heterocycles. The zero-order valence-electron chi connectivity index (χ0n) is 11.7. The Hall–Kier alpha value is -0.940. The zero-order valence-corrected chi connectivity index (χ0v) is 11.7. The number of aldehydes is 1. The van der Waals surface area contributed by atoms with Crippen LogP contribution in [0.1, 0.15) is 45.4 Å². The highest BCUT2D eigenvalue weighted by atomic mass is 16.4. The van der Waals surface area contributed by atoms with E-state index in [-0.39, 0.29) is 0 Å². The topological polar surface area (TPSA) is 78.4 Å². The van der Waals surface area contributed by atoms with Crippen molar-refractivity contribution in [2.24, 2.45) is 5.92 Å². The van der Waals surface area contributed by atoms with Crippen molar-refractivity contribution in [2.75, 3.05) is 13.1 Å². The lowest BCUT2D eigenvalue weighted by molar-refractivity contribution is -0.139. The van der Waals surface area contributed by atoms with E-state index < -0.39 is 18.1 Å². The van der Waals surface area contributed by atoms with Gasteiger partial charge in [-0.05, 0) is 45.2 Å². The van der Waals surface area contributed by atoms with E-state index in [1.165, 1.54) is 19.3 Å². The number of piperidine rings is 1. The van der Waals surface area contributed by atoms with Crippen LogP contribution in [0.15, 0.2) is 0 Å². The van der Waals surface area contributed by atoms with Gasteiger partial charge in [0.1, 0.15) is 12.3 Å². The number of carboxylic acids is 1. The van der Waals surface area contributed by atoms with Crippen molar-refractivity contribution < 1.29 is 14.7 Å². The van der Waals surface area contributed by atoms with E-state index in [1.54, 1.807) is 6.92 Å². The highest BCUT2D eigenvalue weighted by Gasteiger charge is 2.19. The van der Waals surface area contributed by atoms with Gasteiger partial charge in [-0.3, -0.25) is 10.1 Å². The van der Waals surface area contributed by atoms with Gasteiger partial charge in [-0.15, -0.1) is 0 Å². The van der Waals surface area contributed by atoms with E-state index in [0.29, 0.717) is 6.42 Å². The van der Waals surface area contributed by atoms with Crippen LogP contribution in [0.3, 0.4) is 0 Å². The molecule has 1 aliphatic rings. The summed E-state index contributed by atoms with van der Waals surface area (Å²) >= 11 is 0. The summed E-state index contributed by atoms with van der Waals surface area (Å²) in [6.45, 7) is 3.90. The van der Waals surface area contributed by atoms with E-state index >= 15 is 0 Å². The van der Waals surface area contributed by atoms with Gasteiger partial charge in [-0.25, -0.2) is 0 Å². The van der Waals surface area contributed by atoms with Gasteiger partial charge in [0, 0.05) is 0 Å². The quantitative estimate of drug-likeness (QED) is 0.433. The molecule has 0 aliphatic carbocycles. The van der Waals surface area contributed by atoms with E-state index in [9.17, 15) is 9.59 Å². The molecule has 0 aromatic rings. The van der Waals surface area contributed by atoms with Crippen LogP contribution in [0.25, 0.3) is 0 Å². The number of hydrogen-bond acceptors (Lipinski definition) is 4. The third-order valence-electron chi connectivity index (χ3n) is 3.78. The highest BCUT2D eigenvalue weighted by molar-refractivity contribution is 5.74. The summed E-state index contributed by atoms with van der Waals surface area (Å²) in [5.41, 5.74) is 0. The van der Waals surface area contributed by atoms with Crippen molar-refractivity contribution in [3.05, 3.63) is 0 Å². The van der Waals surface area contributed by atoms with Gasteiger partial charge in [0.25, 0.3) is 0 Å². The molecule has 1 saturated heterocycles. The largest absolute Gasteiger partial charge is 0.480 e. The normalized spacial score (nSPS) is 19.8. The molecule has 1 fully saturated rings. The van der Waals surface area contributed by atoms with Gasteiger partial charge in [-0.1, -0.05) is 19.3 Å². The molecular formula is C14H26N2O3. The average Bonchev–Trinajstić information content (AvgIpc) is 2.42. The van der Waals surface area contributed by atoms with Gasteiger partial charge in [-0.2, -0.15) is 0 Å². The molecule has 1 unspecified atom stereocenters. The van der Waals surface area contributed by atoms with Crippen LogP contribution in [0.4, 0.5) is 0 Å². The third kappa shape index (κ3) is 6.68. The van der Waals surface area contributed by atoms with Gasteiger partial charge >= 0.3 is 5.97 Å². The van der Waals surface area contributed by atoms with Gasteiger partial charge in [0.15, 0.2) is 0 Å². The van der Waals surface area contributed by atoms with Crippen molar-refractivity contribution in [3.63, 3.8) is 0 Å². The predicted molar refractivity (Wildman–Crippen MR) is 74.1 cm³/mol. The van der Waals surface area contributed by atoms with Crippen LogP contribution in [0.5, 0.6) is 0 Å². The Labute approximate surface area is 115 Å². The Morgan fingerprint density at radius 3 is 2.68 bits per heavy atom. The van der Waals surface area contributed by atoms with Crippen LogP contribution in [-0.2, 0) is 9.59 Å². The number of hydrogen-bond donors (Lipinski definition) is 3. The molecule has 0 amide bonds. The third-order valence-corrected chi connectivity index (χ3v) is 3.78. The standard InChI is InChI=1S/C14H26N2O3/c1-11(10-17)16-13(14(18)19)5-3-2-4-12-6-8-15-9-7-12/h10-13,15-16H,2-9H2,1H3,(H,18,19)/t11-,13?/m0/s1. The second-order valence-corrected chi connectivity index (χ2v) is 5.46. The summed E-state index contributed by atoms with van der Waals surface area (Å²) < 4.78 is 0. The highest BCUT2D eigenvalue weighted by Crippen LogP contribution is 2.19. The van der Waals surface area contributed by atoms with E-state index in [0.717, 1.165) is 38.1 Å². The maximum Gasteiger partial charge on any atom is 0.320 e. The van der Waals surface area contributed by atoms with Crippen molar-refractivity contribution in [2.45, 2.75) is 57.5 Å². The van der Waals surface area contributed by atoms with Crippen molar-refractivity contribution in [1.82, 2.24) is 10.6 Å². The summed E-state index contributed by atoms with van der Waals surface area (Å²) in [5.74, 6) is -0.0676. The van der Waals surface area contributed by atoms with E-state index in [2.05, 4.69) is 10.6 Å². The summed E-state index contributed by atoms with van der Waals surface area (Å²) in [4.78, 5) is 21.6. The van der Waals surface area contributed by atoms with Crippen LogP contribution in [-0.4, -0.2) is 42.5 Å². The van der Waals surface area contributed by atoms with Crippen LogP contribution < -0.4 is 10.6 Å². The molecule has 0 spiro atoms. The number of aliphatic carboxylic acids is 1. The fourth-order valence-corrected chi connectivity index (χ4v) is 2.59. The maximum absolute atomic E-state index is 11.1. The van der Waals surface area contributed by atoms with E-state index in [4.69, 9.17) is 5.11 Å². The van der Waals surface area contributed by atoms with Gasteiger partial charge in [0.2, 0.25) is 0 Å². The molecular weight excluding hydrogens is 244 g/mol. The molecule has 5 heteroatoms. The molecule has 0 radical (unpaired) electrons. The fourth-order valence-electron chi connectivity index (χ4n) is 2.59. The van der Waals surface area contributed by atoms with Crippen molar-refractivity contribution >= 4 is 12.3 Å². The minimum absolute atomic E-state index is 0.398. The molecule has 0 aromatic carbocycles. The van der Waals surface area contributed by atoms with Crippen LogP contribution in [0.2, 0.25) is 0 Å². The molecule has 0 bridgehead atoms. The lowest BCUT2D eigenvalue weighted by Crippen LogP contribution is -2.42. The van der Waals surface area contributed by atoms with E-state index in [1.807, 2.05) is 0 Å². The smallest absolute Gasteiger partial charge is 0.320 e. The SMILES string of the molecule is C[C@@H](C=O)NC(CCCCC1CCNCC1)C(=O)O. The molecule has 19 heavy (non-hydrogen) atoms. The Balaban J connectivity index is 2.16. The van der Waals surface area contributed by atoms with Crippen molar-refractivity contribution in [3.8, 4) is 0 Å². The lowest BCUT2D eigenvalue weighted by Gasteiger charge is -2.22. The maximum atomic E-state index is 11.1. The molecule has 110 valence electrons. The second kappa shape index (κ2) is 9.04. The van der Waals surface area contributed by atoms with Gasteiger partial charge in [0.05, 0.1) is 6.04 Å². The lowest BCUT2D eigenvalue weighted by atomic mass is 9.92. The average molecular weight is 270 g/mol. The molecule has 2 atom stereocenters. The first kappa shape index (κ1) is 16.1. The predicted octanol–water partition coefficient (Wildman–Crippen LogP) is 1.18. The summed E-state index contributed by atoms with van der Waals surface area (Å²) in [7, 11) is 0. The van der Waals surface area contributed by atoms with Crippen LogP contribution in [0, 0.1) is 5.92 Å². The minimum atomic E-state index is -0.865. The number of carbonyl (C=O) groups is 2. The molecule has 5 nitrogen and oxygen atoms in total. The molecule has 1 rings (SSSR count). The minimum Gasteiger partial charge on any atom is -0.480 e. The summed E-state index contributed by atoms with van der Waals surface area (Å²) in [5, 5.41) is 15.3. The monoisotopic (exact) mass is 270 g/mol. The molecule has 1 heterocycles. The number of carboxylic acid groups (broad SMARTS) is 1. The first-order valence-electron chi connectivity index (χ1n) is 7.28. The van der Waals surface area contributed by atoms with Crippen LogP contribution >= 0.6 is 0 Å². The number of nitrogens with one attached hydrogen (secondary N) is 2. The Kier molecular flexibility index (Phi) is 7.67. The Morgan fingerprint density at radius 2 is 2.11 bits per heavy atom. The molecule has 0 aromatic heterocycles.